The normalized spacial score (nSPS) is 15.9. The highest BCUT2D eigenvalue weighted by Crippen LogP contribution is 2.24. The van der Waals surface area contributed by atoms with Crippen LogP contribution in [-0.4, -0.2) is 25.8 Å². The van der Waals surface area contributed by atoms with Gasteiger partial charge in [0.15, 0.2) is 0 Å². The van der Waals surface area contributed by atoms with Gasteiger partial charge in [0.05, 0.1) is 5.75 Å². The highest BCUT2D eigenvalue weighted by atomic mass is 32.2. The number of aliphatic hydroxyl groups is 1. The standard InChI is InChI=1S/C10H17NO3S2/c1-3-7-16(13,14)11-8-10(2,12)9-5-4-6-15-9/h4-6,11-12H,3,7-8H2,1-2H3/t10-/m0/s1. The molecule has 1 aromatic rings. The molecule has 0 bridgehead atoms. The molecular formula is C10H17NO3S2. The highest BCUT2D eigenvalue weighted by Gasteiger charge is 2.26. The van der Waals surface area contributed by atoms with Crippen LogP contribution >= 0.6 is 11.3 Å². The van der Waals surface area contributed by atoms with Crippen LogP contribution in [0, 0.1) is 0 Å². The lowest BCUT2D eigenvalue weighted by atomic mass is 10.1. The van der Waals surface area contributed by atoms with Gasteiger partial charge in [0.25, 0.3) is 0 Å². The fourth-order valence-electron chi connectivity index (χ4n) is 1.26. The average molecular weight is 263 g/mol. The first-order valence-corrected chi connectivity index (χ1v) is 7.64. The summed E-state index contributed by atoms with van der Waals surface area (Å²) < 4.78 is 25.3. The van der Waals surface area contributed by atoms with Crippen LogP contribution in [0.3, 0.4) is 0 Å². The first-order chi connectivity index (χ1) is 7.37. The fraction of sp³-hybridized carbons (Fsp3) is 0.600. The molecule has 1 aromatic heterocycles. The second kappa shape index (κ2) is 5.27. The average Bonchev–Trinajstić information content (AvgIpc) is 2.68. The molecular weight excluding hydrogens is 246 g/mol. The molecule has 0 saturated heterocycles. The molecule has 16 heavy (non-hydrogen) atoms. The molecule has 0 aromatic carbocycles. The molecule has 1 atom stereocenters. The van der Waals surface area contributed by atoms with E-state index in [1.54, 1.807) is 19.9 Å². The molecule has 0 fully saturated rings. The van der Waals surface area contributed by atoms with E-state index >= 15 is 0 Å². The van der Waals surface area contributed by atoms with Gasteiger partial charge in [-0.05, 0) is 24.8 Å². The minimum atomic E-state index is -3.26. The minimum absolute atomic E-state index is 0.00977. The Balaban J connectivity index is 2.62. The van der Waals surface area contributed by atoms with Crippen LogP contribution in [0.25, 0.3) is 0 Å². The Hall–Kier alpha value is -0.430. The topological polar surface area (TPSA) is 66.4 Å². The molecule has 1 rings (SSSR count). The van der Waals surface area contributed by atoms with Crippen LogP contribution in [-0.2, 0) is 15.6 Å². The SMILES string of the molecule is CCCS(=O)(=O)NC[C@](C)(O)c1cccs1. The molecule has 0 aliphatic carbocycles. The summed E-state index contributed by atoms with van der Waals surface area (Å²) in [6, 6.07) is 3.62. The zero-order valence-corrected chi connectivity index (χ0v) is 11.1. The molecule has 0 unspecified atom stereocenters. The third-order valence-electron chi connectivity index (χ3n) is 2.16. The van der Waals surface area contributed by atoms with Gasteiger partial charge in [0.1, 0.15) is 5.60 Å². The Kier molecular flexibility index (Phi) is 4.49. The predicted molar refractivity (Wildman–Crippen MR) is 66.0 cm³/mol. The molecule has 0 amide bonds. The van der Waals surface area contributed by atoms with Crippen LogP contribution < -0.4 is 4.72 Å². The van der Waals surface area contributed by atoms with E-state index in [0.29, 0.717) is 6.42 Å². The molecule has 0 radical (unpaired) electrons. The van der Waals surface area contributed by atoms with Crippen molar-refractivity contribution in [3.8, 4) is 0 Å². The maximum absolute atomic E-state index is 11.4. The van der Waals surface area contributed by atoms with E-state index in [-0.39, 0.29) is 12.3 Å². The number of rotatable bonds is 6. The lowest BCUT2D eigenvalue weighted by Gasteiger charge is -2.22. The molecule has 92 valence electrons. The fourth-order valence-corrected chi connectivity index (χ4v) is 3.23. The van der Waals surface area contributed by atoms with Crippen molar-refractivity contribution in [2.75, 3.05) is 12.3 Å². The lowest BCUT2D eigenvalue weighted by molar-refractivity contribution is 0.0666. The number of nitrogens with one attached hydrogen (secondary N) is 1. The van der Waals surface area contributed by atoms with Crippen molar-refractivity contribution in [2.45, 2.75) is 25.9 Å². The van der Waals surface area contributed by atoms with Crippen molar-refractivity contribution in [3.05, 3.63) is 22.4 Å². The molecule has 0 aliphatic rings. The van der Waals surface area contributed by atoms with E-state index < -0.39 is 15.6 Å². The van der Waals surface area contributed by atoms with E-state index in [1.807, 2.05) is 11.4 Å². The summed E-state index contributed by atoms with van der Waals surface area (Å²) in [5, 5.41) is 11.9. The Morgan fingerprint density at radius 1 is 1.56 bits per heavy atom. The smallest absolute Gasteiger partial charge is 0.211 e. The second-order valence-corrected chi connectivity index (χ2v) is 6.77. The third-order valence-corrected chi connectivity index (χ3v) is 4.81. The minimum Gasteiger partial charge on any atom is -0.383 e. The lowest BCUT2D eigenvalue weighted by Crippen LogP contribution is -2.38. The van der Waals surface area contributed by atoms with Gasteiger partial charge in [-0.3, -0.25) is 0 Å². The Bertz CT molecular complexity index is 409. The number of sulfonamides is 1. The zero-order valence-electron chi connectivity index (χ0n) is 9.43. The van der Waals surface area contributed by atoms with Crippen molar-refractivity contribution < 1.29 is 13.5 Å². The zero-order chi connectivity index (χ0) is 12.2. The Morgan fingerprint density at radius 3 is 2.75 bits per heavy atom. The van der Waals surface area contributed by atoms with Crippen LogP contribution in [0.15, 0.2) is 17.5 Å². The van der Waals surface area contributed by atoms with Crippen molar-refractivity contribution in [1.82, 2.24) is 4.72 Å². The van der Waals surface area contributed by atoms with E-state index in [4.69, 9.17) is 0 Å². The van der Waals surface area contributed by atoms with Gasteiger partial charge in [-0.2, -0.15) is 0 Å². The maximum Gasteiger partial charge on any atom is 0.211 e. The van der Waals surface area contributed by atoms with E-state index in [0.717, 1.165) is 4.88 Å². The number of hydrogen-bond acceptors (Lipinski definition) is 4. The third kappa shape index (κ3) is 3.86. The van der Waals surface area contributed by atoms with Crippen molar-refractivity contribution in [3.63, 3.8) is 0 Å². The van der Waals surface area contributed by atoms with Crippen molar-refractivity contribution >= 4 is 21.4 Å². The highest BCUT2D eigenvalue weighted by molar-refractivity contribution is 7.89. The van der Waals surface area contributed by atoms with Gasteiger partial charge < -0.3 is 5.11 Å². The first-order valence-electron chi connectivity index (χ1n) is 5.11. The molecule has 0 saturated carbocycles. The molecule has 2 N–H and O–H groups in total. The molecule has 0 spiro atoms. The summed E-state index contributed by atoms with van der Waals surface area (Å²) in [4.78, 5) is 0.756. The maximum atomic E-state index is 11.4. The largest absolute Gasteiger partial charge is 0.383 e. The van der Waals surface area contributed by atoms with E-state index in [9.17, 15) is 13.5 Å². The van der Waals surface area contributed by atoms with Gasteiger partial charge in [-0.1, -0.05) is 13.0 Å². The van der Waals surface area contributed by atoms with Crippen LogP contribution in [0.5, 0.6) is 0 Å². The van der Waals surface area contributed by atoms with Crippen LogP contribution in [0.1, 0.15) is 25.1 Å². The molecule has 4 nitrogen and oxygen atoms in total. The quantitative estimate of drug-likeness (QED) is 0.812. The first kappa shape index (κ1) is 13.6. The van der Waals surface area contributed by atoms with E-state index in [2.05, 4.69) is 4.72 Å². The van der Waals surface area contributed by atoms with Crippen molar-refractivity contribution in [1.29, 1.82) is 0 Å². The van der Waals surface area contributed by atoms with Gasteiger partial charge in [-0.15, -0.1) is 11.3 Å². The van der Waals surface area contributed by atoms with Crippen LogP contribution in [0.4, 0.5) is 0 Å². The summed E-state index contributed by atoms with van der Waals surface area (Å²) in [7, 11) is -3.26. The Morgan fingerprint density at radius 2 is 2.25 bits per heavy atom. The van der Waals surface area contributed by atoms with Gasteiger partial charge >= 0.3 is 0 Å². The van der Waals surface area contributed by atoms with Crippen molar-refractivity contribution in [2.24, 2.45) is 0 Å². The van der Waals surface area contributed by atoms with Crippen LogP contribution in [0.2, 0.25) is 0 Å². The van der Waals surface area contributed by atoms with Gasteiger partial charge in [-0.25, -0.2) is 13.1 Å². The van der Waals surface area contributed by atoms with Gasteiger partial charge in [0.2, 0.25) is 10.0 Å². The van der Waals surface area contributed by atoms with E-state index in [1.165, 1.54) is 11.3 Å². The summed E-state index contributed by atoms with van der Waals surface area (Å²) >= 11 is 1.41. The number of hydrogen-bond donors (Lipinski definition) is 2. The predicted octanol–water partition coefficient (Wildman–Crippen LogP) is 1.28. The summed E-state index contributed by atoms with van der Waals surface area (Å²) in [5.41, 5.74) is -1.14. The Labute approximate surface area is 100 Å². The molecule has 0 aliphatic heterocycles. The number of thiophene rings is 1. The summed E-state index contributed by atoms with van der Waals surface area (Å²) in [6.07, 6.45) is 0.566. The monoisotopic (exact) mass is 263 g/mol. The molecule has 6 heteroatoms. The second-order valence-electron chi connectivity index (χ2n) is 3.89. The summed E-state index contributed by atoms with van der Waals surface area (Å²) in [6.45, 7) is 3.42. The molecule has 1 heterocycles. The van der Waals surface area contributed by atoms with Gasteiger partial charge in [0, 0.05) is 11.4 Å². The summed E-state index contributed by atoms with van der Waals surface area (Å²) in [5.74, 6) is 0.0908.